The molecule has 0 aromatic carbocycles. The molecule has 3 nitrogen and oxygen atoms in total. The van der Waals surface area contributed by atoms with Crippen molar-refractivity contribution in [2.24, 2.45) is 0 Å². The fraction of sp³-hybridized carbons (Fsp3) is 1.00. The molecule has 0 amide bonds. The molecule has 74 valence electrons. The molecule has 0 spiro atoms. The summed E-state index contributed by atoms with van der Waals surface area (Å²) in [5, 5.41) is 9.58. The van der Waals surface area contributed by atoms with Gasteiger partial charge in [0.1, 0.15) is 0 Å². The smallest absolute Gasteiger partial charge is 0.0566 e. The highest BCUT2D eigenvalue weighted by Crippen LogP contribution is 2.00. The number of rotatable bonds is 8. The van der Waals surface area contributed by atoms with Gasteiger partial charge in [-0.1, -0.05) is 12.8 Å². The first-order valence-electron chi connectivity index (χ1n) is 4.84. The highest BCUT2D eigenvalue weighted by molar-refractivity contribution is 4.58. The Hall–Kier alpha value is -0.120. The summed E-state index contributed by atoms with van der Waals surface area (Å²) in [7, 11) is 5.99. The molecule has 0 rings (SSSR count). The van der Waals surface area contributed by atoms with E-state index in [0.717, 1.165) is 6.54 Å². The molecule has 0 radical (unpaired) electrons. The second-order valence-electron chi connectivity index (χ2n) is 3.08. The summed E-state index contributed by atoms with van der Waals surface area (Å²) in [5.74, 6) is 0. The zero-order valence-corrected chi connectivity index (χ0v) is 8.61. The van der Waals surface area contributed by atoms with Crippen LogP contribution in [0.1, 0.15) is 25.7 Å². The van der Waals surface area contributed by atoms with E-state index in [1.807, 2.05) is 21.1 Å². The molecule has 0 heterocycles. The van der Waals surface area contributed by atoms with Crippen molar-refractivity contribution in [3.8, 4) is 0 Å². The van der Waals surface area contributed by atoms with Crippen molar-refractivity contribution in [3.63, 3.8) is 0 Å². The van der Waals surface area contributed by atoms with Crippen molar-refractivity contribution < 1.29 is 0 Å². The topological polar surface area (TPSA) is 36.1 Å². The Kier molecular flexibility index (Phi) is 8.88. The van der Waals surface area contributed by atoms with E-state index in [1.165, 1.54) is 25.7 Å². The van der Waals surface area contributed by atoms with E-state index in [0.29, 0.717) is 6.17 Å². The van der Waals surface area contributed by atoms with E-state index in [2.05, 4.69) is 16.0 Å². The van der Waals surface area contributed by atoms with Gasteiger partial charge in [0.05, 0.1) is 6.17 Å². The molecular formula is C9H23N3. The molecule has 0 atom stereocenters. The van der Waals surface area contributed by atoms with Crippen LogP contribution in [0, 0.1) is 0 Å². The van der Waals surface area contributed by atoms with Gasteiger partial charge in [0.25, 0.3) is 0 Å². The number of hydrogen-bond acceptors (Lipinski definition) is 3. The average molecular weight is 173 g/mol. The molecule has 0 saturated heterocycles. The highest BCUT2D eigenvalue weighted by Gasteiger charge is 1.99. The molecule has 0 aromatic rings. The van der Waals surface area contributed by atoms with Crippen LogP contribution < -0.4 is 16.0 Å². The third-order valence-corrected chi connectivity index (χ3v) is 2.12. The third-order valence-electron chi connectivity index (χ3n) is 2.12. The first kappa shape index (κ1) is 11.9. The van der Waals surface area contributed by atoms with Crippen LogP contribution in [0.25, 0.3) is 0 Å². The molecule has 0 fully saturated rings. The zero-order valence-electron chi connectivity index (χ0n) is 8.61. The molecule has 0 bridgehead atoms. The summed E-state index contributed by atoms with van der Waals surface area (Å²) in [5.41, 5.74) is 0. The lowest BCUT2D eigenvalue weighted by molar-refractivity contribution is 0.438. The van der Waals surface area contributed by atoms with Crippen molar-refractivity contribution in [1.29, 1.82) is 0 Å². The molecule has 0 aliphatic rings. The minimum absolute atomic E-state index is 0.486. The van der Waals surface area contributed by atoms with Crippen LogP contribution in [-0.4, -0.2) is 33.9 Å². The van der Waals surface area contributed by atoms with Gasteiger partial charge in [-0.2, -0.15) is 0 Å². The summed E-state index contributed by atoms with van der Waals surface area (Å²) < 4.78 is 0. The first-order valence-corrected chi connectivity index (χ1v) is 4.84. The molecule has 12 heavy (non-hydrogen) atoms. The van der Waals surface area contributed by atoms with Gasteiger partial charge in [-0.3, -0.25) is 0 Å². The summed E-state index contributed by atoms with van der Waals surface area (Å²) in [6.45, 7) is 1.14. The van der Waals surface area contributed by atoms with Gasteiger partial charge in [-0.15, -0.1) is 0 Å². The van der Waals surface area contributed by atoms with Gasteiger partial charge >= 0.3 is 0 Å². The summed E-state index contributed by atoms with van der Waals surface area (Å²) >= 11 is 0. The van der Waals surface area contributed by atoms with Crippen molar-refractivity contribution in [2.45, 2.75) is 31.8 Å². The maximum Gasteiger partial charge on any atom is 0.0566 e. The second kappa shape index (κ2) is 8.97. The predicted octanol–water partition coefficient (Wildman–Crippen LogP) is 0.531. The number of nitrogens with one attached hydrogen (secondary N) is 3. The van der Waals surface area contributed by atoms with Crippen molar-refractivity contribution >= 4 is 0 Å². The fourth-order valence-corrected chi connectivity index (χ4v) is 1.26. The van der Waals surface area contributed by atoms with E-state index in [1.54, 1.807) is 0 Å². The lowest BCUT2D eigenvalue weighted by Gasteiger charge is -2.14. The molecule has 0 aromatic heterocycles. The van der Waals surface area contributed by atoms with Crippen LogP contribution >= 0.6 is 0 Å². The molecule has 0 aliphatic heterocycles. The molecule has 3 N–H and O–H groups in total. The predicted molar refractivity (Wildman–Crippen MR) is 54.3 cm³/mol. The molecule has 3 heteroatoms. The molecule has 0 unspecified atom stereocenters. The lowest BCUT2D eigenvalue weighted by atomic mass is 10.1. The van der Waals surface area contributed by atoms with Gasteiger partial charge in [-0.25, -0.2) is 0 Å². The zero-order chi connectivity index (χ0) is 9.23. The molecular weight excluding hydrogens is 150 g/mol. The van der Waals surface area contributed by atoms with Crippen LogP contribution in [0.2, 0.25) is 0 Å². The lowest BCUT2D eigenvalue weighted by Crippen LogP contribution is -2.37. The number of unbranched alkanes of at least 4 members (excludes halogenated alkanes) is 2. The maximum atomic E-state index is 3.22. The summed E-state index contributed by atoms with van der Waals surface area (Å²) in [6, 6.07) is 0. The van der Waals surface area contributed by atoms with E-state index < -0.39 is 0 Å². The highest BCUT2D eigenvalue weighted by atomic mass is 15.1. The fourth-order valence-electron chi connectivity index (χ4n) is 1.26. The maximum absolute atomic E-state index is 3.22. The molecule has 0 saturated carbocycles. The largest absolute Gasteiger partial charge is 0.320 e. The average Bonchev–Trinajstić information content (AvgIpc) is 2.11. The minimum atomic E-state index is 0.486. The Labute approximate surface area is 76.3 Å². The van der Waals surface area contributed by atoms with E-state index >= 15 is 0 Å². The second-order valence-corrected chi connectivity index (χ2v) is 3.08. The SMILES string of the molecule is CNCCCCCC(NC)NC. The van der Waals surface area contributed by atoms with Crippen LogP contribution in [0.5, 0.6) is 0 Å². The Morgan fingerprint density at radius 2 is 1.58 bits per heavy atom. The monoisotopic (exact) mass is 173 g/mol. The number of hydrogen-bond donors (Lipinski definition) is 3. The van der Waals surface area contributed by atoms with E-state index in [-0.39, 0.29) is 0 Å². The summed E-state index contributed by atoms with van der Waals surface area (Å²) in [4.78, 5) is 0. The van der Waals surface area contributed by atoms with Gasteiger partial charge in [0, 0.05) is 0 Å². The third kappa shape index (κ3) is 6.58. The van der Waals surface area contributed by atoms with Crippen LogP contribution in [0.15, 0.2) is 0 Å². The van der Waals surface area contributed by atoms with Crippen LogP contribution in [-0.2, 0) is 0 Å². The van der Waals surface area contributed by atoms with Gasteiger partial charge in [0.15, 0.2) is 0 Å². The minimum Gasteiger partial charge on any atom is -0.320 e. The van der Waals surface area contributed by atoms with Crippen molar-refractivity contribution in [2.75, 3.05) is 27.7 Å². The Bertz CT molecular complexity index is 81.8. The van der Waals surface area contributed by atoms with Crippen LogP contribution in [0.3, 0.4) is 0 Å². The Morgan fingerprint density at radius 1 is 0.917 bits per heavy atom. The summed E-state index contributed by atoms with van der Waals surface area (Å²) in [6.07, 6.45) is 5.61. The Balaban J connectivity index is 3.06. The first-order chi connectivity index (χ1) is 5.85. The van der Waals surface area contributed by atoms with Crippen molar-refractivity contribution in [1.82, 2.24) is 16.0 Å². The standard InChI is InChI=1S/C9H23N3/c1-10-8-6-4-5-7-9(11-2)12-3/h9-12H,4-8H2,1-3H3. The van der Waals surface area contributed by atoms with Gasteiger partial charge in [-0.05, 0) is 40.5 Å². The normalized spacial score (nSPS) is 11.0. The van der Waals surface area contributed by atoms with Gasteiger partial charge < -0.3 is 16.0 Å². The van der Waals surface area contributed by atoms with Crippen LogP contribution in [0.4, 0.5) is 0 Å². The van der Waals surface area contributed by atoms with E-state index in [4.69, 9.17) is 0 Å². The molecule has 0 aliphatic carbocycles. The van der Waals surface area contributed by atoms with Crippen molar-refractivity contribution in [3.05, 3.63) is 0 Å². The van der Waals surface area contributed by atoms with Gasteiger partial charge in [0.2, 0.25) is 0 Å². The van der Waals surface area contributed by atoms with E-state index in [9.17, 15) is 0 Å². The Morgan fingerprint density at radius 3 is 2.08 bits per heavy atom. The quantitative estimate of drug-likeness (QED) is 0.370.